The maximum atomic E-state index is 14.0. The first-order valence-electron chi connectivity index (χ1n) is 14.3. The molecule has 0 radical (unpaired) electrons. The summed E-state index contributed by atoms with van der Waals surface area (Å²) in [6.07, 6.45) is -2.45. The number of aromatic nitrogens is 2. The fourth-order valence-corrected chi connectivity index (χ4v) is 4.55. The van der Waals surface area contributed by atoms with Crippen molar-refractivity contribution in [1.82, 2.24) is 19.8 Å². The number of rotatable bonds is 9. The molecule has 2 aromatic carbocycles. The van der Waals surface area contributed by atoms with E-state index < -0.39 is 29.3 Å². The first kappa shape index (κ1) is 32.7. The van der Waals surface area contributed by atoms with Crippen molar-refractivity contribution in [3.8, 4) is 5.75 Å². The smallest absolute Gasteiger partial charge is 0.416 e. The van der Waals surface area contributed by atoms with E-state index >= 15 is 0 Å². The van der Waals surface area contributed by atoms with Crippen molar-refractivity contribution in [2.45, 2.75) is 52.6 Å². The van der Waals surface area contributed by atoms with E-state index in [1.807, 2.05) is 4.90 Å². The predicted molar refractivity (Wildman–Crippen MR) is 159 cm³/mol. The van der Waals surface area contributed by atoms with Gasteiger partial charge in [0.1, 0.15) is 18.0 Å². The van der Waals surface area contributed by atoms with E-state index in [9.17, 15) is 22.8 Å². The Morgan fingerprint density at radius 2 is 1.66 bits per heavy atom. The van der Waals surface area contributed by atoms with Gasteiger partial charge in [0.05, 0.1) is 23.7 Å². The standard InChI is InChI=1S/C31H37F3N6O4/c1-5-39-11-13-40(14-12-39)19-22-10-9-21(15-26(22)31(32,33)34)28(41)37-23-7-6-8-25(16-23)43-20-24-17-36-27(18-35-24)38-29(42)44-30(2,3)4/h6-10,15-18H,5,11-14,19-20H2,1-4H3,(H,37,41)(H,36,38,42). The minimum atomic E-state index is -4.60. The summed E-state index contributed by atoms with van der Waals surface area (Å²) in [5.41, 5.74) is -0.596. The molecule has 4 rings (SSSR count). The number of benzene rings is 2. The number of carbonyl (C=O) groups excluding carboxylic acids is 2. The van der Waals surface area contributed by atoms with Crippen LogP contribution in [0.4, 0.5) is 29.5 Å². The number of likely N-dealkylation sites (N-methyl/N-ethyl adjacent to an activating group) is 1. The van der Waals surface area contributed by atoms with E-state index in [-0.39, 0.29) is 30.1 Å². The van der Waals surface area contributed by atoms with Crippen LogP contribution in [0.1, 0.15) is 54.9 Å². The number of hydrogen-bond donors (Lipinski definition) is 2. The third-order valence-corrected chi connectivity index (χ3v) is 6.80. The summed E-state index contributed by atoms with van der Waals surface area (Å²) in [5.74, 6) is -0.0611. The molecule has 1 aromatic heterocycles. The van der Waals surface area contributed by atoms with Gasteiger partial charge < -0.3 is 19.7 Å². The summed E-state index contributed by atoms with van der Waals surface area (Å²) in [6.45, 7) is 11.4. The lowest BCUT2D eigenvalue weighted by atomic mass is 10.0. The molecule has 2 N–H and O–H groups in total. The van der Waals surface area contributed by atoms with E-state index in [4.69, 9.17) is 9.47 Å². The molecule has 13 heteroatoms. The van der Waals surface area contributed by atoms with Crippen LogP contribution in [0, 0.1) is 0 Å². The van der Waals surface area contributed by atoms with Gasteiger partial charge in [-0.1, -0.05) is 19.1 Å². The molecule has 1 fully saturated rings. The number of ether oxygens (including phenoxy) is 2. The molecule has 0 aliphatic carbocycles. The van der Waals surface area contributed by atoms with Crippen LogP contribution in [0.5, 0.6) is 5.75 Å². The lowest BCUT2D eigenvalue weighted by molar-refractivity contribution is -0.138. The summed E-state index contributed by atoms with van der Waals surface area (Å²) in [4.78, 5) is 37.4. The largest absolute Gasteiger partial charge is 0.487 e. The van der Waals surface area contributed by atoms with Gasteiger partial charge in [0.25, 0.3) is 5.91 Å². The zero-order chi connectivity index (χ0) is 31.9. The lowest BCUT2D eigenvalue weighted by Crippen LogP contribution is -2.45. The summed E-state index contributed by atoms with van der Waals surface area (Å²) < 4.78 is 52.9. The Balaban J connectivity index is 1.35. The molecule has 0 bridgehead atoms. The SMILES string of the molecule is CCN1CCN(Cc2ccc(C(=O)Nc3cccc(OCc4cnc(NC(=O)OC(C)(C)C)cn4)c3)cc2C(F)(F)F)CC1. The molecule has 0 spiro atoms. The van der Waals surface area contributed by atoms with Crippen molar-refractivity contribution in [2.75, 3.05) is 43.4 Å². The van der Waals surface area contributed by atoms with Crippen molar-refractivity contribution in [1.29, 1.82) is 0 Å². The Kier molecular flexibility index (Phi) is 10.4. The molecule has 0 unspecified atom stereocenters. The average Bonchev–Trinajstić information content (AvgIpc) is 2.96. The zero-order valence-corrected chi connectivity index (χ0v) is 25.2. The normalized spacial score (nSPS) is 14.6. The minimum Gasteiger partial charge on any atom is -0.487 e. The molecule has 236 valence electrons. The number of alkyl halides is 3. The maximum Gasteiger partial charge on any atom is 0.416 e. The second-order valence-corrected chi connectivity index (χ2v) is 11.4. The first-order valence-corrected chi connectivity index (χ1v) is 14.3. The highest BCUT2D eigenvalue weighted by Gasteiger charge is 2.34. The lowest BCUT2D eigenvalue weighted by Gasteiger charge is -2.34. The van der Waals surface area contributed by atoms with E-state index in [1.54, 1.807) is 45.0 Å². The average molecular weight is 615 g/mol. The molecule has 0 saturated carbocycles. The van der Waals surface area contributed by atoms with Crippen LogP contribution in [-0.2, 0) is 24.1 Å². The Labute approximate surface area is 254 Å². The van der Waals surface area contributed by atoms with Gasteiger partial charge in [-0.2, -0.15) is 13.2 Å². The Morgan fingerprint density at radius 3 is 2.30 bits per heavy atom. The fraction of sp³-hybridized carbons (Fsp3) is 0.419. The summed E-state index contributed by atoms with van der Waals surface area (Å²) >= 11 is 0. The number of piperazine rings is 1. The molecular formula is C31H37F3N6O4. The topological polar surface area (TPSA) is 109 Å². The number of hydrogen-bond acceptors (Lipinski definition) is 8. The van der Waals surface area contributed by atoms with Crippen LogP contribution >= 0.6 is 0 Å². The molecule has 3 aromatic rings. The van der Waals surface area contributed by atoms with Crippen LogP contribution in [0.3, 0.4) is 0 Å². The van der Waals surface area contributed by atoms with E-state index in [0.29, 0.717) is 30.2 Å². The quantitative estimate of drug-likeness (QED) is 0.311. The molecule has 1 aliphatic rings. The Morgan fingerprint density at radius 1 is 0.932 bits per heavy atom. The third-order valence-electron chi connectivity index (χ3n) is 6.80. The summed E-state index contributed by atoms with van der Waals surface area (Å²) in [5, 5.41) is 5.14. The molecule has 1 aliphatic heterocycles. The number of nitrogens with one attached hydrogen (secondary N) is 2. The Bertz CT molecular complexity index is 1440. The highest BCUT2D eigenvalue weighted by Crippen LogP contribution is 2.34. The highest BCUT2D eigenvalue weighted by molar-refractivity contribution is 6.04. The first-order chi connectivity index (χ1) is 20.8. The van der Waals surface area contributed by atoms with Crippen molar-refractivity contribution in [3.63, 3.8) is 0 Å². The van der Waals surface area contributed by atoms with E-state index in [1.165, 1.54) is 24.5 Å². The molecule has 2 heterocycles. The van der Waals surface area contributed by atoms with E-state index in [0.717, 1.165) is 25.7 Å². The van der Waals surface area contributed by atoms with Crippen LogP contribution in [0.2, 0.25) is 0 Å². The minimum absolute atomic E-state index is 0.0427. The Hall–Kier alpha value is -4.23. The van der Waals surface area contributed by atoms with Crippen LogP contribution in [0.15, 0.2) is 54.9 Å². The second-order valence-electron chi connectivity index (χ2n) is 11.4. The van der Waals surface area contributed by atoms with Crippen LogP contribution < -0.4 is 15.4 Å². The van der Waals surface area contributed by atoms with Gasteiger partial charge in [0.15, 0.2) is 5.82 Å². The number of nitrogens with zero attached hydrogens (tertiary/aromatic N) is 4. The molecule has 44 heavy (non-hydrogen) atoms. The van der Waals surface area contributed by atoms with Crippen LogP contribution in [-0.4, -0.2) is 70.1 Å². The zero-order valence-electron chi connectivity index (χ0n) is 25.2. The molecule has 1 saturated heterocycles. The number of halogens is 3. The predicted octanol–water partition coefficient (Wildman–Crippen LogP) is 5.81. The van der Waals surface area contributed by atoms with Gasteiger partial charge in [-0.25, -0.2) is 9.78 Å². The molecular weight excluding hydrogens is 577 g/mol. The van der Waals surface area contributed by atoms with E-state index in [2.05, 4.69) is 32.4 Å². The van der Waals surface area contributed by atoms with Gasteiger partial charge in [0, 0.05) is 50.0 Å². The summed E-state index contributed by atoms with van der Waals surface area (Å²) in [6, 6.07) is 10.2. The van der Waals surface area contributed by atoms with Crippen molar-refractivity contribution in [2.24, 2.45) is 0 Å². The van der Waals surface area contributed by atoms with Gasteiger partial charge in [-0.3, -0.25) is 20.0 Å². The van der Waals surface area contributed by atoms with Crippen molar-refractivity contribution in [3.05, 3.63) is 77.2 Å². The third kappa shape index (κ3) is 9.64. The van der Waals surface area contributed by atoms with Gasteiger partial charge in [0.2, 0.25) is 0 Å². The van der Waals surface area contributed by atoms with Gasteiger partial charge in [-0.15, -0.1) is 0 Å². The van der Waals surface area contributed by atoms with Gasteiger partial charge >= 0.3 is 12.3 Å². The number of amides is 2. The maximum absolute atomic E-state index is 14.0. The number of anilines is 2. The second kappa shape index (κ2) is 14.0. The fourth-order valence-electron chi connectivity index (χ4n) is 4.55. The van der Waals surface area contributed by atoms with Crippen molar-refractivity contribution < 1.29 is 32.2 Å². The van der Waals surface area contributed by atoms with Crippen molar-refractivity contribution >= 4 is 23.5 Å². The summed E-state index contributed by atoms with van der Waals surface area (Å²) in [7, 11) is 0. The van der Waals surface area contributed by atoms with Gasteiger partial charge in [-0.05, 0) is 57.1 Å². The molecule has 0 atom stereocenters. The molecule has 10 nitrogen and oxygen atoms in total. The highest BCUT2D eigenvalue weighted by atomic mass is 19.4. The molecule has 2 amide bonds. The van der Waals surface area contributed by atoms with Crippen LogP contribution in [0.25, 0.3) is 0 Å². The number of carbonyl (C=O) groups is 2. The monoisotopic (exact) mass is 614 g/mol.